The van der Waals surface area contributed by atoms with E-state index in [1.54, 1.807) is 19.3 Å². The summed E-state index contributed by atoms with van der Waals surface area (Å²) in [5, 5.41) is 0. The summed E-state index contributed by atoms with van der Waals surface area (Å²) in [6.07, 6.45) is 7.37. The van der Waals surface area contributed by atoms with Crippen molar-refractivity contribution in [2.45, 2.75) is 50.7 Å². The minimum atomic E-state index is -0.877. The maximum atomic E-state index is 5.58. The van der Waals surface area contributed by atoms with Crippen molar-refractivity contribution in [1.82, 2.24) is 0 Å². The molecule has 0 fully saturated rings. The highest BCUT2D eigenvalue weighted by Crippen LogP contribution is 2.27. The lowest BCUT2D eigenvalue weighted by Crippen LogP contribution is -2.39. The van der Waals surface area contributed by atoms with E-state index in [2.05, 4.69) is 13.8 Å². The zero-order chi connectivity index (χ0) is 11.7. The Morgan fingerprint density at radius 3 is 2.13 bits per heavy atom. The van der Waals surface area contributed by atoms with E-state index in [1.165, 1.54) is 19.3 Å². The van der Waals surface area contributed by atoms with Crippen molar-refractivity contribution in [1.29, 1.82) is 0 Å². The summed E-state index contributed by atoms with van der Waals surface area (Å²) in [5.41, 5.74) is 0. The van der Waals surface area contributed by atoms with Gasteiger partial charge >= 0.3 is 0 Å². The van der Waals surface area contributed by atoms with Crippen LogP contribution in [0.15, 0.2) is 12.3 Å². The number of rotatable bonds is 3. The van der Waals surface area contributed by atoms with Crippen LogP contribution in [-0.2, 0) is 9.47 Å². The number of unbranched alkanes of at least 4 members (excludes halogenated alkanes) is 2. The average Bonchev–Trinajstić information content (AvgIpc) is 2.21. The fourth-order valence-electron chi connectivity index (χ4n) is 0.938. The van der Waals surface area contributed by atoms with Crippen molar-refractivity contribution in [3.63, 3.8) is 0 Å². The molecule has 0 N–H and O–H groups in total. The smallest absolute Gasteiger partial charge is 0.237 e. The molecule has 1 heterocycles. The van der Waals surface area contributed by atoms with Crippen LogP contribution in [0.4, 0.5) is 0 Å². The highest BCUT2D eigenvalue weighted by atomic mass is 35.5. The minimum absolute atomic E-state index is 0.493. The lowest BCUT2D eigenvalue weighted by molar-refractivity contribution is -0.189. The highest BCUT2D eigenvalue weighted by Gasteiger charge is 2.35. The summed E-state index contributed by atoms with van der Waals surface area (Å²) in [4.78, 5) is -0.669. The van der Waals surface area contributed by atoms with E-state index >= 15 is 0 Å². The molecular weight excluding hydrogens is 235 g/mol. The number of alkyl halides is 2. The Morgan fingerprint density at radius 1 is 1.33 bits per heavy atom. The Labute approximate surface area is 103 Å². The Morgan fingerprint density at radius 2 is 1.93 bits per heavy atom. The Hall–Kier alpha value is 0.0800. The van der Waals surface area contributed by atoms with Crippen molar-refractivity contribution in [2.24, 2.45) is 0 Å². The van der Waals surface area contributed by atoms with Crippen LogP contribution < -0.4 is 0 Å². The largest absolute Gasteiger partial charge is 0.468 e. The first-order chi connectivity index (χ1) is 7.06. The van der Waals surface area contributed by atoms with Gasteiger partial charge in [-0.15, -0.1) is 0 Å². The molecule has 0 radical (unpaired) electrons. The molecule has 0 spiro atoms. The van der Waals surface area contributed by atoms with E-state index in [-0.39, 0.29) is 0 Å². The molecule has 0 bridgehead atoms. The number of ether oxygens (including phenoxy) is 2. The third-order valence-corrected chi connectivity index (χ3v) is 2.76. The summed E-state index contributed by atoms with van der Waals surface area (Å²) in [5.74, 6) is -0.877. The second-order valence-electron chi connectivity index (χ2n) is 3.47. The van der Waals surface area contributed by atoms with Gasteiger partial charge in [-0.3, -0.25) is 0 Å². The van der Waals surface area contributed by atoms with Gasteiger partial charge in [-0.05, 0) is 6.08 Å². The molecule has 1 rings (SSSR count). The molecule has 0 saturated carbocycles. The number of hydrogen-bond donors (Lipinski definition) is 0. The van der Waals surface area contributed by atoms with Gasteiger partial charge in [0.2, 0.25) is 5.79 Å². The predicted molar refractivity (Wildman–Crippen MR) is 65.3 cm³/mol. The third-order valence-electron chi connectivity index (χ3n) is 1.97. The van der Waals surface area contributed by atoms with Gasteiger partial charge in [-0.25, -0.2) is 0 Å². The van der Waals surface area contributed by atoms with Gasteiger partial charge in [0.15, 0.2) is 4.84 Å². The predicted octanol–water partition coefficient (Wildman–Crippen LogP) is 4.26. The van der Waals surface area contributed by atoms with Crippen molar-refractivity contribution in [2.75, 3.05) is 6.61 Å². The van der Waals surface area contributed by atoms with Gasteiger partial charge in [0, 0.05) is 6.92 Å². The molecule has 0 aromatic rings. The van der Waals surface area contributed by atoms with E-state index < -0.39 is 10.6 Å². The molecule has 1 atom stereocenters. The molecule has 4 heteroatoms. The van der Waals surface area contributed by atoms with Crippen molar-refractivity contribution >= 4 is 23.2 Å². The summed E-state index contributed by atoms with van der Waals surface area (Å²) in [6.45, 7) is 6.61. The standard InChI is InChI=1S/C6H8Cl2O2.C5H12/c1-6(5(7)8)9-3-2-4-10-6;1-3-5-4-2/h2-3,5H,4H2,1H3;3-5H2,1-2H3. The maximum Gasteiger partial charge on any atom is 0.237 e. The SMILES string of the molecule is CC1(C(Cl)Cl)OC=CCO1.CCCCC. The molecule has 0 aromatic heterocycles. The van der Waals surface area contributed by atoms with E-state index in [9.17, 15) is 0 Å². The summed E-state index contributed by atoms with van der Waals surface area (Å²) in [6, 6.07) is 0. The summed E-state index contributed by atoms with van der Waals surface area (Å²) in [7, 11) is 0. The highest BCUT2D eigenvalue weighted by molar-refractivity contribution is 6.45. The topological polar surface area (TPSA) is 18.5 Å². The second kappa shape index (κ2) is 8.26. The monoisotopic (exact) mass is 254 g/mol. The van der Waals surface area contributed by atoms with E-state index in [1.807, 2.05) is 0 Å². The number of halogens is 2. The van der Waals surface area contributed by atoms with Crippen LogP contribution in [0.3, 0.4) is 0 Å². The molecule has 1 aliphatic heterocycles. The molecule has 0 aromatic carbocycles. The Kier molecular flexibility index (Phi) is 8.30. The lowest BCUT2D eigenvalue weighted by atomic mass is 10.3. The van der Waals surface area contributed by atoms with Crippen LogP contribution in [0.1, 0.15) is 40.0 Å². The fraction of sp³-hybridized carbons (Fsp3) is 0.818. The third kappa shape index (κ3) is 6.29. The first kappa shape index (κ1) is 15.1. The van der Waals surface area contributed by atoms with Crippen molar-refractivity contribution < 1.29 is 9.47 Å². The molecule has 2 nitrogen and oxygen atoms in total. The molecule has 15 heavy (non-hydrogen) atoms. The van der Waals surface area contributed by atoms with Gasteiger partial charge in [0.25, 0.3) is 0 Å². The normalized spacial score (nSPS) is 24.4. The average molecular weight is 255 g/mol. The van der Waals surface area contributed by atoms with E-state index in [4.69, 9.17) is 32.7 Å². The summed E-state index contributed by atoms with van der Waals surface area (Å²) >= 11 is 11.2. The van der Waals surface area contributed by atoms with Gasteiger partial charge in [0.1, 0.15) is 0 Å². The Balaban J connectivity index is 0.000000336. The quantitative estimate of drug-likeness (QED) is 0.701. The van der Waals surface area contributed by atoms with E-state index in [0.29, 0.717) is 6.61 Å². The zero-order valence-electron chi connectivity index (χ0n) is 9.63. The van der Waals surface area contributed by atoms with Crippen molar-refractivity contribution in [3.05, 3.63) is 12.3 Å². The minimum Gasteiger partial charge on any atom is -0.468 e. The molecule has 0 aliphatic carbocycles. The zero-order valence-corrected chi connectivity index (χ0v) is 11.1. The molecule has 0 saturated heterocycles. The van der Waals surface area contributed by atoms with Crippen LogP contribution in [0.2, 0.25) is 0 Å². The van der Waals surface area contributed by atoms with Crippen LogP contribution in [0.5, 0.6) is 0 Å². The van der Waals surface area contributed by atoms with Crippen LogP contribution in [-0.4, -0.2) is 17.2 Å². The molecule has 90 valence electrons. The second-order valence-corrected chi connectivity index (χ2v) is 4.57. The first-order valence-corrected chi connectivity index (χ1v) is 6.19. The fourth-order valence-corrected chi connectivity index (χ4v) is 1.17. The maximum absolute atomic E-state index is 5.58. The number of hydrogen-bond acceptors (Lipinski definition) is 2. The first-order valence-electron chi connectivity index (χ1n) is 5.31. The molecule has 1 unspecified atom stereocenters. The summed E-state index contributed by atoms with van der Waals surface area (Å²) < 4.78 is 10.2. The lowest BCUT2D eigenvalue weighted by Gasteiger charge is -2.31. The van der Waals surface area contributed by atoms with Crippen LogP contribution >= 0.6 is 23.2 Å². The van der Waals surface area contributed by atoms with Gasteiger partial charge in [0.05, 0.1) is 12.9 Å². The van der Waals surface area contributed by atoms with Crippen LogP contribution in [0, 0.1) is 0 Å². The van der Waals surface area contributed by atoms with Gasteiger partial charge in [-0.2, -0.15) is 0 Å². The van der Waals surface area contributed by atoms with Crippen molar-refractivity contribution in [3.8, 4) is 0 Å². The molecule has 0 amide bonds. The van der Waals surface area contributed by atoms with E-state index in [0.717, 1.165) is 0 Å². The molecule has 1 aliphatic rings. The van der Waals surface area contributed by atoms with Crippen LogP contribution in [0.25, 0.3) is 0 Å². The molecular formula is C11H20Cl2O2. The Bertz CT molecular complexity index is 181. The van der Waals surface area contributed by atoms with Gasteiger partial charge < -0.3 is 9.47 Å². The van der Waals surface area contributed by atoms with Gasteiger partial charge in [-0.1, -0.05) is 56.3 Å².